The molecule has 0 spiro atoms. The maximum Gasteiger partial charge on any atom is 0.228 e. The number of aliphatic hydroxyl groups is 1. The van der Waals surface area contributed by atoms with E-state index in [9.17, 15) is 9.90 Å². The quantitative estimate of drug-likeness (QED) is 0.839. The Labute approximate surface area is 129 Å². The topological polar surface area (TPSA) is 52.6 Å². The molecule has 0 aromatic carbocycles. The van der Waals surface area contributed by atoms with Gasteiger partial charge in [-0.1, -0.05) is 33.6 Å². The van der Waals surface area contributed by atoms with Crippen molar-refractivity contribution in [3.05, 3.63) is 0 Å². The van der Waals surface area contributed by atoms with Crippen molar-refractivity contribution < 1.29 is 9.90 Å². The summed E-state index contributed by atoms with van der Waals surface area (Å²) in [4.78, 5) is 14.6. The fourth-order valence-corrected chi connectivity index (χ4v) is 3.67. The molecule has 1 aliphatic heterocycles. The van der Waals surface area contributed by atoms with Crippen LogP contribution in [0.5, 0.6) is 0 Å². The van der Waals surface area contributed by atoms with E-state index in [-0.39, 0.29) is 23.3 Å². The van der Waals surface area contributed by atoms with Crippen LogP contribution in [0.15, 0.2) is 0 Å². The Bertz CT molecular complexity index is 354. The second-order valence-electron chi connectivity index (χ2n) is 8.04. The van der Waals surface area contributed by atoms with Crippen LogP contribution in [-0.2, 0) is 4.79 Å². The summed E-state index contributed by atoms with van der Waals surface area (Å²) < 4.78 is 0. The molecule has 4 nitrogen and oxygen atoms in total. The molecule has 4 heteroatoms. The van der Waals surface area contributed by atoms with Crippen LogP contribution in [0.3, 0.4) is 0 Å². The maximum atomic E-state index is 12.6. The van der Waals surface area contributed by atoms with Crippen molar-refractivity contribution in [3.63, 3.8) is 0 Å². The molecule has 1 saturated heterocycles. The average Bonchev–Trinajstić information content (AvgIpc) is 2.89. The zero-order chi connectivity index (χ0) is 15.6. The average molecular weight is 296 g/mol. The van der Waals surface area contributed by atoms with Gasteiger partial charge in [0, 0.05) is 36.5 Å². The van der Waals surface area contributed by atoms with Gasteiger partial charge >= 0.3 is 0 Å². The summed E-state index contributed by atoms with van der Waals surface area (Å²) >= 11 is 0. The molecule has 1 heterocycles. The Morgan fingerprint density at radius 2 is 1.81 bits per heavy atom. The van der Waals surface area contributed by atoms with Crippen molar-refractivity contribution in [1.29, 1.82) is 0 Å². The van der Waals surface area contributed by atoms with Crippen molar-refractivity contribution >= 4 is 5.91 Å². The highest BCUT2D eigenvalue weighted by atomic mass is 16.3. The highest BCUT2D eigenvalue weighted by Crippen LogP contribution is 2.27. The molecule has 1 saturated carbocycles. The maximum absolute atomic E-state index is 12.6. The summed E-state index contributed by atoms with van der Waals surface area (Å²) in [6.45, 7) is 9.25. The predicted octanol–water partition coefficient (Wildman–Crippen LogP) is 2.16. The molecule has 1 aliphatic carbocycles. The minimum absolute atomic E-state index is 0.184. The first kappa shape index (κ1) is 16.8. The van der Waals surface area contributed by atoms with Gasteiger partial charge in [0.25, 0.3) is 0 Å². The number of nitrogens with zero attached hydrogens (tertiary/aromatic N) is 1. The Balaban J connectivity index is 2.02. The molecule has 2 rings (SSSR count). The molecule has 1 amide bonds. The van der Waals surface area contributed by atoms with Crippen LogP contribution >= 0.6 is 0 Å². The molecule has 0 radical (unpaired) electrons. The summed E-state index contributed by atoms with van der Waals surface area (Å²) in [5.74, 6) is 0.384. The van der Waals surface area contributed by atoms with E-state index in [1.807, 2.05) is 32.6 Å². The normalized spacial score (nSPS) is 29.7. The standard InChI is InChI=1S/C17H32N2O2/c1-12(20)13-9-15(18-14-7-5-6-8-14)11-19(10-13)16(21)17(2,3)4/h12-15,18,20H,5-11H2,1-4H3. The summed E-state index contributed by atoms with van der Waals surface area (Å²) in [6, 6.07) is 0.932. The van der Waals surface area contributed by atoms with Crippen LogP contribution in [0, 0.1) is 11.3 Å². The number of carbonyl (C=O) groups is 1. The van der Waals surface area contributed by atoms with E-state index in [1.54, 1.807) is 0 Å². The van der Waals surface area contributed by atoms with Crippen LogP contribution in [0.1, 0.15) is 59.8 Å². The van der Waals surface area contributed by atoms with Crippen LogP contribution in [0.25, 0.3) is 0 Å². The third-order valence-corrected chi connectivity index (χ3v) is 4.92. The second-order valence-corrected chi connectivity index (χ2v) is 8.04. The van der Waals surface area contributed by atoms with Gasteiger partial charge < -0.3 is 15.3 Å². The predicted molar refractivity (Wildman–Crippen MR) is 85.0 cm³/mol. The fourth-order valence-electron chi connectivity index (χ4n) is 3.67. The lowest BCUT2D eigenvalue weighted by atomic mass is 9.87. The van der Waals surface area contributed by atoms with E-state index >= 15 is 0 Å². The minimum Gasteiger partial charge on any atom is -0.393 e. The number of amides is 1. The first-order valence-corrected chi connectivity index (χ1v) is 8.51. The molecule has 0 aromatic heterocycles. The monoisotopic (exact) mass is 296 g/mol. The zero-order valence-electron chi connectivity index (χ0n) is 14.1. The summed E-state index contributed by atoms with van der Waals surface area (Å²) in [6.07, 6.45) is 5.76. The number of rotatable bonds is 3. The summed E-state index contributed by atoms with van der Waals surface area (Å²) in [5.41, 5.74) is -0.349. The number of carbonyl (C=O) groups excluding carboxylic acids is 1. The summed E-state index contributed by atoms with van der Waals surface area (Å²) in [5, 5.41) is 13.7. The molecule has 2 N–H and O–H groups in total. The molecule has 122 valence electrons. The first-order valence-electron chi connectivity index (χ1n) is 8.51. The first-order chi connectivity index (χ1) is 9.77. The van der Waals surface area contributed by atoms with Gasteiger partial charge in [-0.2, -0.15) is 0 Å². The smallest absolute Gasteiger partial charge is 0.228 e. The lowest BCUT2D eigenvalue weighted by molar-refractivity contribution is -0.142. The molecule has 2 aliphatic rings. The van der Waals surface area contributed by atoms with Gasteiger partial charge in [0.15, 0.2) is 0 Å². The molecule has 3 unspecified atom stereocenters. The molecular formula is C17H32N2O2. The molecule has 0 aromatic rings. The molecule has 2 fully saturated rings. The van der Waals surface area contributed by atoms with Gasteiger partial charge in [0.2, 0.25) is 5.91 Å². The van der Waals surface area contributed by atoms with Crippen molar-refractivity contribution in [3.8, 4) is 0 Å². The van der Waals surface area contributed by atoms with E-state index in [4.69, 9.17) is 0 Å². The number of likely N-dealkylation sites (tertiary alicyclic amines) is 1. The Kier molecular flexibility index (Phi) is 5.31. The van der Waals surface area contributed by atoms with Gasteiger partial charge in [-0.3, -0.25) is 4.79 Å². The highest BCUT2D eigenvalue weighted by Gasteiger charge is 2.36. The van der Waals surface area contributed by atoms with Crippen molar-refractivity contribution in [2.45, 2.75) is 78.0 Å². The largest absolute Gasteiger partial charge is 0.393 e. The lowest BCUT2D eigenvalue weighted by Gasteiger charge is -2.42. The van der Waals surface area contributed by atoms with E-state index < -0.39 is 0 Å². The van der Waals surface area contributed by atoms with Crippen molar-refractivity contribution in [2.75, 3.05) is 13.1 Å². The molecular weight excluding hydrogens is 264 g/mol. The Morgan fingerprint density at radius 1 is 1.19 bits per heavy atom. The number of hydrogen-bond donors (Lipinski definition) is 2. The highest BCUT2D eigenvalue weighted by molar-refractivity contribution is 5.81. The van der Waals surface area contributed by atoms with Crippen LogP contribution < -0.4 is 5.32 Å². The van der Waals surface area contributed by atoms with Gasteiger partial charge in [-0.25, -0.2) is 0 Å². The van der Waals surface area contributed by atoms with Gasteiger partial charge in [0.1, 0.15) is 0 Å². The molecule has 0 bridgehead atoms. The van der Waals surface area contributed by atoms with Crippen LogP contribution in [-0.4, -0.2) is 47.2 Å². The van der Waals surface area contributed by atoms with Gasteiger partial charge in [0.05, 0.1) is 6.10 Å². The van der Waals surface area contributed by atoms with Gasteiger partial charge in [-0.05, 0) is 26.2 Å². The minimum atomic E-state index is -0.353. The number of hydrogen-bond acceptors (Lipinski definition) is 3. The van der Waals surface area contributed by atoms with Crippen LogP contribution in [0.4, 0.5) is 0 Å². The van der Waals surface area contributed by atoms with Crippen LogP contribution in [0.2, 0.25) is 0 Å². The van der Waals surface area contributed by atoms with E-state index in [1.165, 1.54) is 25.7 Å². The van der Waals surface area contributed by atoms with E-state index in [2.05, 4.69) is 5.32 Å². The Morgan fingerprint density at radius 3 is 2.33 bits per heavy atom. The van der Waals surface area contributed by atoms with E-state index in [0.29, 0.717) is 18.6 Å². The lowest BCUT2D eigenvalue weighted by Crippen LogP contribution is -2.56. The number of nitrogens with one attached hydrogen (secondary N) is 1. The summed E-state index contributed by atoms with van der Waals surface area (Å²) in [7, 11) is 0. The molecule has 3 atom stereocenters. The zero-order valence-corrected chi connectivity index (χ0v) is 14.1. The second kappa shape index (κ2) is 6.66. The fraction of sp³-hybridized carbons (Fsp3) is 0.941. The van der Waals surface area contributed by atoms with Gasteiger partial charge in [-0.15, -0.1) is 0 Å². The number of aliphatic hydroxyl groups excluding tert-OH is 1. The molecule has 21 heavy (non-hydrogen) atoms. The van der Waals surface area contributed by atoms with Crippen molar-refractivity contribution in [1.82, 2.24) is 10.2 Å². The Hall–Kier alpha value is -0.610. The number of piperidine rings is 1. The third kappa shape index (κ3) is 4.43. The van der Waals surface area contributed by atoms with E-state index in [0.717, 1.165) is 13.0 Å². The van der Waals surface area contributed by atoms with Crippen molar-refractivity contribution in [2.24, 2.45) is 11.3 Å². The third-order valence-electron chi connectivity index (χ3n) is 4.92. The SMILES string of the molecule is CC(O)C1CC(NC2CCCC2)CN(C(=O)C(C)(C)C)C1.